The second-order valence-corrected chi connectivity index (χ2v) is 19.1. The molecule has 0 saturated carbocycles. The quantitative estimate of drug-likeness (QED) is 0.0219. The lowest BCUT2D eigenvalue weighted by Gasteiger charge is -2.20. The average Bonchev–Trinajstić information content (AvgIpc) is 3.37. The Morgan fingerprint density at radius 1 is 0.549 bits per heavy atom. The van der Waals surface area contributed by atoms with Gasteiger partial charge in [0.2, 0.25) is 0 Å². The second kappa shape index (κ2) is 56.0. The van der Waals surface area contributed by atoms with Gasteiger partial charge in [0.25, 0.3) is 5.69 Å². The summed E-state index contributed by atoms with van der Waals surface area (Å²) >= 11 is 0. The van der Waals surface area contributed by atoms with Crippen LogP contribution in [0.2, 0.25) is 0 Å². The number of benzene rings is 3. The Balaban J connectivity index is -0.000000396. The zero-order chi connectivity index (χ0) is 54.3. The van der Waals surface area contributed by atoms with Gasteiger partial charge < -0.3 is 14.4 Å². The number of unbranched alkanes of at least 4 members (excludes halogenated alkanes) is 5. The lowest BCUT2D eigenvalue weighted by molar-refractivity contribution is -0.384. The van der Waals surface area contributed by atoms with Crippen molar-refractivity contribution in [3.05, 3.63) is 113 Å². The number of phosphoric ester groups is 2. The van der Waals surface area contributed by atoms with Crippen molar-refractivity contribution in [2.45, 2.75) is 173 Å². The highest BCUT2D eigenvalue weighted by Crippen LogP contribution is 2.50. The van der Waals surface area contributed by atoms with E-state index in [-0.39, 0.29) is 11.7 Å². The highest BCUT2D eigenvalue weighted by Gasteiger charge is 2.26. The molecule has 0 bridgehead atoms. The average molecular weight is 1040 g/mol. The van der Waals surface area contributed by atoms with E-state index in [0.717, 1.165) is 103 Å². The van der Waals surface area contributed by atoms with Crippen LogP contribution in [-0.4, -0.2) is 68.6 Å². The number of rotatable bonds is 30. The van der Waals surface area contributed by atoms with Crippen molar-refractivity contribution < 1.29 is 55.8 Å². The van der Waals surface area contributed by atoms with Crippen LogP contribution in [0.5, 0.6) is 0 Å². The Kier molecular flexibility index (Phi) is 58.6. The summed E-state index contributed by atoms with van der Waals surface area (Å²) in [6.45, 7) is 28.0. The maximum atomic E-state index is 12.2. The molecule has 0 aliphatic heterocycles. The Hall–Kier alpha value is -3.29. The van der Waals surface area contributed by atoms with Crippen molar-refractivity contribution in [2.75, 3.05) is 52.9 Å². The van der Waals surface area contributed by atoms with E-state index < -0.39 is 20.6 Å². The Morgan fingerprint density at radius 3 is 1.10 bits per heavy atom. The van der Waals surface area contributed by atoms with Crippen LogP contribution in [0.15, 0.2) is 97.1 Å². The molecule has 3 aromatic rings. The van der Waals surface area contributed by atoms with Crippen LogP contribution in [0.3, 0.4) is 0 Å². The molecule has 0 aromatic heterocycles. The third kappa shape index (κ3) is 57.5. The predicted octanol–water partition coefficient (Wildman–Crippen LogP) is 17.0. The lowest BCUT2D eigenvalue weighted by atomic mass is 10.0. The molecule has 16 heteroatoms. The number of esters is 1. The van der Waals surface area contributed by atoms with Crippen molar-refractivity contribution in [1.29, 1.82) is 0 Å². The fraction of sp³-hybridized carbons (Fsp3) is 0.655. The molecule has 1 N–H and O–H groups in total. The summed E-state index contributed by atoms with van der Waals surface area (Å²) in [5, 5.41) is 10.0. The third-order valence-electron chi connectivity index (χ3n) is 9.61. The molecule has 0 amide bonds. The maximum Gasteiger partial charge on any atom is 0.474 e. The van der Waals surface area contributed by atoms with Gasteiger partial charge in [-0.05, 0) is 71.6 Å². The maximum absolute atomic E-state index is 12.2. The highest BCUT2D eigenvalue weighted by atomic mass is 31.2. The second-order valence-electron chi connectivity index (χ2n) is 16.0. The van der Waals surface area contributed by atoms with Crippen LogP contribution in [0.4, 0.5) is 5.69 Å². The van der Waals surface area contributed by atoms with Gasteiger partial charge in [-0.1, -0.05) is 197 Å². The summed E-state index contributed by atoms with van der Waals surface area (Å²) in [5.41, 5.74) is 1.46. The number of ether oxygens (including phenoxy) is 2. The molecule has 0 fully saturated rings. The van der Waals surface area contributed by atoms with Gasteiger partial charge in [0, 0.05) is 32.3 Å². The Morgan fingerprint density at radius 2 is 0.887 bits per heavy atom. The summed E-state index contributed by atoms with van der Waals surface area (Å²) in [6.07, 6.45) is 14.2. The van der Waals surface area contributed by atoms with E-state index in [9.17, 15) is 28.9 Å². The van der Waals surface area contributed by atoms with E-state index in [4.69, 9.17) is 27.4 Å². The number of phosphoric acid groups is 2. The fourth-order valence-electron chi connectivity index (χ4n) is 5.18. The number of carbonyl (C=O) groups is 1. The smallest absolute Gasteiger partial charge is 0.466 e. The molecule has 14 nitrogen and oxygen atoms in total. The molecule has 0 spiro atoms. The van der Waals surface area contributed by atoms with Gasteiger partial charge in [-0.2, -0.15) is 0 Å². The van der Waals surface area contributed by atoms with E-state index in [1.165, 1.54) is 24.6 Å². The number of hydrogen-bond acceptors (Lipinski definition) is 12. The standard InChI is InChI=1S/C16H35O4P.C12H27O4P.C7H8.C6H5NO2.C6H6.C4H8O2.C4H10O/c1-5-9-11-15(7-3)13-19-21(17,18)20-14-16(8-4)12-10-6-2;1-4-7-10-14-17(13,15-11-8-5-2)16-12-9-6-3;1-7-5-3-2-4-6-7;8-7(9)6-4-2-1-3-5-6;1-2-4-6-5-3-1;1-3-6-4(2)5;1-3-5-4-2/h15-16H,5-14H2,1-4H3,(H,17,18);4-12H2,1-3H3;2-6H,1H3;1-5H;1-6H;3H2,1-2H3;3-4H2,1-2H3. The Labute approximate surface area is 432 Å². The minimum absolute atomic E-state index is 0.137. The van der Waals surface area contributed by atoms with Crippen molar-refractivity contribution in [3.63, 3.8) is 0 Å². The molecule has 412 valence electrons. The summed E-state index contributed by atoms with van der Waals surface area (Å²) in [5.74, 6) is 0.477. The number of nitro benzene ring substituents is 1. The minimum Gasteiger partial charge on any atom is -0.466 e. The molecular weight excluding hydrogens is 945 g/mol. The van der Waals surface area contributed by atoms with Crippen LogP contribution in [-0.2, 0) is 46.0 Å². The van der Waals surface area contributed by atoms with Gasteiger partial charge in [0.1, 0.15) is 0 Å². The van der Waals surface area contributed by atoms with E-state index in [0.29, 0.717) is 51.5 Å². The molecule has 0 aliphatic rings. The fourth-order valence-corrected chi connectivity index (χ4v) is 7.34. The first kappa shape index (κ1) is 74.2. The SMILES string of the molecule is CCCCC(CC)COP(=O)(O)OCC(CC)CCCC.CCCCOP(=O)(OCCCC)OCCCC.CCOC(C)=O.CCOCC.Cc1ccccc1.O=[N+]([O-])c1ccccc1.c1ccccc1. The topological polar surface area (TPSA) is 179 Å². The molecule has 3 rings (SSSR count). The monoisotopic (exact) mass is 1040 g/mol. The first-order valence-electron chi connectivity index (χ1n) is 26.1. The van der Waals surface area contributed by atoms with Gasteiger partial charge in [-0.15, -0.1) is 0 Å². The lowest BCUT2D eigenvalue weighted by Crippen LogP contribution is -2.12. The van der Waals surface area contributed by atoms with E-state index >= 15 is 0 Å². The van der Waals surface area contributed by atoms with Crippen LogP contribution in [0.25, 0.3) is 0 Å². The molecule has 71 heavy (non-hydrogen) atoms. The normalized spacial score (nSPS) is 11.9. The minimum atomic E-state index is -3.89. The number of aryl methyl sites for hydroxylation is 1. The predicted molar refractivity (Wildman–Crippen MR) is 294 cm³/mol. The molecule has 2 unspecified atom stereocenters. The number of para-hydroxylation sites is 1. The van der Waals surface area contributed by atoms with Crippen molar-refractivity contribution in [2.24, 2.45) is 11.8 Å². The van der Waals surface area contributed by atoms with Crippen molar-refractivity contribution >= 4 is 27.3 Å². The van der Waals surface area contributed by atoms with Gasteiger partial charge in [-0.3, -0.25) is 37.5 Å². The third-order valence-corrected chi connectivity index (χ3v) is 12.1. The largest absolute Gasteiger partial charge is 0.474 e. The number of hydrogen-bond donors (Lipinski definition) is 1. The molecule has 3 aromatic carbocycles. The van der Waals surface area contributed by atoms with Gasteiger partial charge in [0.05, 0.1) is 44.6 Å². The van der Waals surface area contributed by atoms with Crippen LogP contribution in [0, 0.1) is 28.9 Å². The van der Waals surface area contributed by atoms with E-state index in [1.54, 1.807) is 25.1 Å². The van der Waals surface area contributed by atoms with E-state index in [2.05, 4.69) is 72.3 Å². The zero-order valence-electron chi connectivity index (χ0n) is 46.1. The van der Waals surface area contributed by atoms with Crippen molar-refractivity contribution in [1.82, 2.24) is 0 Å². The number of carbonyl (C=O) groups excluding carboxylic acids is 1. The van der Waals surface area contributed by atoms with Crippen LogP contribution < -0.4 is 0 Å². The van der Waals surface area contributed by atoms with Gasteiger partial charge in [-0.25, -0.2) is 9.13 Å². The molecule has 2 atom stereocenters. The first-order valence-corrected chi connectivity index (χ1v) is 29.1. The molecular formula is C55H99NO13P2. The first-order chi connectivity index (χ1) is 34.0. The van der Waals surface area contributed by atoms with Crippen molar-refractivity contribution in [3.8, 4) is 0 Å². The number of non-ortho nitro benzene ring substituents is 1. The summed E-state index contributed by atoms with van der Waals surface area (Å²) < 4.78 is 59.5. The summed E-state index contributed by atoms with van der Waals surface area (Å²) in [7, 11) is -7.20. The number of nitro groups is 1. The summed E-state index contributed by atoms with van der Waals surface area (Å²) in [4.78, 5) is 29.2. The zero-order valence-corrected chi connectivity index (χ0v) is 47.9. The number of nitrogens with zero attached hydrogens (tertiary/aromatic N) is 1. The van der Waals surface area contributed by atoms with Gasteiger partial charge in [0.15, 0.2) is 0 Å². The van der Waals surface area contributed by atoms with Crippen LogP contribution in [0.1, 0.15) is 172 Å². The molecule has 0 radical (unpaired) electrons. The molecule has 0 aliphatic carbocycles. The summed E-state index contributed by atoms with van der Waals surface area (Å²) in [6, 6.07) is 30.2. The Bertz CT molecular complexity index is 1540. The van der Waals surface area contributed by atoms with Crippen LogP contribution >= 0.6 is 15.6 Å². The van der Waals surface area contributed by atoms with Gasteiger partial charge >= 0.3 is 21.6 Å². The molecule has 0 saturated heterocycles. The van der Waals surface area contributed by atoms with E-state index in [1.807, 2.05) is 68.4 Å². The molecule has 0 heterocycles. The highest BCUT2D eigenvalue weighted by molar-refractivity contribution is 7.48.